The summed E-state index contributed by atoms with van der Waals surface area (Å²) in [6.45, 7) is 1.71. The molecule has 1 aromatic heterocycles. The van der Waals surface area contributed by atoms with E-state index in [2.05, 4.69) is 14.1 Å². The maximum atomic E-state index is 12.7. The maximum absolute atomic E-state index is 12.7. The summed E-state index contributed by atoms with van der Waals surface area (Å²) in [5, 5.41) is 23.4. The Kier molecular flexibility index (Phi) is 4.38. The zero-order chi connectivity index (χ0) is 18.2. The number of non-ortho nitro benzene ring substituents is 1. The number of hydrogen-bond acceptors (Lipinski definition) is 7. The molecular formula is C15H16N4O5S. The van der Waals surface area contributed by atoms with Gasteiger partial charge in [-0.25, -0.2) is 0 Å². The molecule has 2 N–H and O–H groups in total. The molecule has 3 rings (SSSR count). The first-order chi connectivity index (χ1) is 11.8. The molecule has 0 bridgehead atoms. The first-order valence-corrected chi connectivity index (χ1v) is 8.51. The van der Waals surface area contributed by atoms with Crippen molar-refractivity contribution in [1.82, 2.24) is 14.1 Å². The van der Waals surface area contributed by atoms with Gasteiger partial charge in [-0.2, -0.15) is 8.75 Å². The van der Waals surface area contributed by atoms with Gasteiger partial charge in [0.1, 0.15) is 5.52 Å². The van der Waals surface area contributed by atoms with E-state index in [4.69, 9.17) is 0 Å². The fraction of sp³-hybridized carbons (Fsp3) is 0.467. The predicted molar refractivity (Wildman–Crippen MR) is 89.5 cm³/mol. The molecule has 2 atom stereocenters. The Morgan fingerprint density at radius 1 is 1.40 bits per heavy atom. The topological polar surface area (TPSA) is 135 Å². The van der Waals surface area contributed by atoms with Crippen LogP contribution < -0.4 is 5.32 Å². The van der Waals surface area contributed by atoms with Gasteiger partial charge >= 0.3 is 5.97 Å². The van der Waals surface area contributed by atoms with Crippen LogP contribution in [0.1, 0.15) is 43.0 Å². The first kappa shape index (κ1) is 17.2. The van der Waals surface area contributed by atoms with Crippen molar-refractivity contribution in [2.45, 2.75) is 38.1 Å². The lowest BCUT2D eigenvalue weighted by Gasteiger charge is -2.39. The second kappa shape index (κ2) is 6.36. The number of fused-ring (bicyclic) bond motifs is 1. The number of benzene rings is 1. The van der Waals surface area contributed by atoms with E-state index in [-0.39, 0.29) is 22.3 Å². The van der Waals surface area contributed by atoms with E-state index in [0.29, 0.717) is 12.8 Å². The van der Waals surface area contributed by atoms with Gasteiger partial charge in [-0.1, -0.05) is 12.8 Å². The van der Waals surface area contributed by atoms with E-state index >= 15 is 0 Å². The number of carboxylic acids is 1. The van der Waals surface area contributed by atoms with Gasteiger partial charge in [-0.3, -0.25) is 19.7 Å². The highest BCUT2D eigenvalue weighted by atomic mass is 32.1. The molecule has 0 radical (unpaired) electrons. The van der Waals surface area contributed by atoms with E-state index in [9.17, 15) is 24.8 Å². The number of carbonyl (C=O) groups excluding carboxylic acids is 1. The summed E-state index contributed by atoms with van der Waals surface area (Å²) in [6.07, 6.45) is 2.64. The number of nitro groups is 1. The average Bonchev–Trinajstić information content (AvgIpc) is 3.01. The van der Waals surface area contributed by atoms with Crippen molar-refractivity contribution in [3.05, 3.63) is 27.8 Å². The molecule has 1 heterocycles. The number of nitro benzene ring substituents is 1. The number of aliphatic carboxylic acids is 1. The highest BCUT2D eigenvalue weighted by Crippen LogP contribution is 2.34. The van der Waals surface area contributed by atoms with E-state index in [1.54, 1.807) is 6.92 Å². The van der Waals surface area contributed by atoms with Crippen LogP contribution in [0.3, 0.4) is 0 Å². The monoisotopic (exact) mass is 364 g/mol. The zero-order valence-corrected chi connectivity index (χ0v) is 14.2. The van der Waals surface area contributed by atoms with Gasteiger partial charge in [-0.15, -0.1) is 0 Å². The van der Waals surface area contributed by atoms with Gasteiger partial charge in [0, 0.05) is 11.6 Å². The summed E-state index contributed by atoms with van der Waals surface area (Å²) in [4.78, 5) is 34.8. The molecule has 0 saturated heterocycles. The van der Waals surface area contributed by atoms with Gasteiger partial charge in [0.15, 0.2) is 5.52 Å². The second-order valence-electron chi connectivity index (χ2n) is 6.39. The van der Waals surface area contributed by atoms with Crippen LogP contribution in [-0.4, -0.2) is 36.2 Å². The Labute approximate surface area is 146 Å². The summed E-state index contributed by atoms with van der Waals surface area (Å²) >= 11 is 0.830. The molecule has 25 heavy (non-hydrogen) atoms. The summed E-state index contributed by atoms with van der Waals surface area (Å²) in [5.41, 5.74) is -0.708. The lowest BCUT2D eigenvalue weighted by atomic mass is 9.73. The Hall–Kier alpha value is -2.62. The van der Waals surface area contributed by atoms with Crippen molar-refractivity contribution in [3.63, 3.8) is 0 Å². The first-order valence-electron chi connectivity index (χ1n) is 7.78. The number of nitrogens with zero attached hydrogens (tertiary/aromatic N) is 3. The molecular weight excluding hydrogens is 348 g/mol. The van der Waals surface area contributed by atoms with Crippen LogP contribution in [0.25, 0.3) is 11.0 Å². The molecule has 9 nitrogen and oxygen atoms in total. The fourth-order valence-corrected chi connectivity index (χ4v) is 3.89. The summed E-state index contributed by atoms with van der Waals surface area (Å²) < 4.78 is 7.85. The minimum Gasteiger partial charge on any atom is -0.481 e. The molecule has 1 saturated carbocycles. The Bertz CT molecular complexity index is 867. The number of carbonyl (C=O) groups is 2. The van der Waals surface area contributed by atoms with E-state index in [0.717, 1.165) is 30.6 Å². The fourth-order valence-electron chi connectivity index (χ4n) is 3.35. The van der Waals surface area contributed by atoms with Crippen LogP contribution in [0.2, 0.25) is 0 Å². The van der Waals surface area contributed by atoms with Crippen LogP contribution in [0.5, 0.6) is 0 Å². The zero-order valence-electron chi connectivity index (χ0n) is 13.4. The van der Waals surface area contributed by atoms with Crippen molar-refractivity contribution in [2.75, 3.05) is 0 Å². The van der Waals surface area contributed by atoms with Gasteiger partial charge in [0.25, 0.3) is 11.6 Å². The quantitative estimate of drug-likeness (QED) is 0.628. The van der Waals surface area contributed by atoms with E-state index < -0.39 is 28.3 Å². The SMILES string of the molecule is CC1(NC(=O)c2cc([N+](=O)[O-])c3nsnc3c2)CCCCC1C(=O)O. The number of amides is 1. The number of hydrogen-bond donors (Lipinski definition) is 2. The smallest absolute Gasteiger partial charge is 0.308 e. The molecule has 0 aliphatic heterocycles. The summed E-state index contributed by atoms with van der Waals surface area (Å²) in [6, 6.07) is 2.59. The molecule has 132 valence electrons. The van der Waals surface area contributed by atoms with Crippen molar-refractivity contribution in [2.24, 2.45) is 5.92 Å². The molecule has 2 aromatic rings. The third-order valence-electron chi connectivity index (χ3n) is 4.71. The third-order valence-corrected chi connectivity index (χ3v) is 5.25. The number of rotatable bonds is 4. The minimum absolute atomic E-state index is 0.0721. The van der Waals surface area contributed by atoms with Crippen LogP contribution in [-0.2, 0) is 4.79 Å². The van der Waals surface area contributed by atoms with Crippen LogP contribution in [0.15, 0.2) is 12.1 Å². The van der Waals surface area contributed by atoms with Crippen molar-refractivity contribution < 1.29 is 19.6 Å². The molecule has 2 unspecified atom stereocenters. The molecule has 1 aliphatic carbocycles. The van der Waals surface area contributed by atoms with Gasteiger partial charge in [0.2, 0.25) is 0 Å². The average molecular weight is 364 g/mol. The number of carboxylic acid groups (broad SMARTS) is 1. The maximum Gasteiger partial charge on any atom is 0.308 e. The molecule has 1 fully saturated rings. The summed E-state index contributed by atoms with van der Waals surface area (Å²) in [7, 11) is 0. The Morgan fingerprint density at radius 3 is 2.84 bits per heavy atom. The Balaban J connectivity index is 1.94. The van der Waals surface area contributed by atoms with Gasteiger partial charge in [0.05, 0.1) is 28.1 Å². The van der Waals surface area contributed by atoms with Crippen molar-refractivity contribution in [3.8, 4) is 0 Å². The van der Waals surface area contributed by atoms with Crippen LogP contribution >= 0.6 is 11.7 Å². The van der Waals surface area contributed by atoms with Gasteiger partial charge < -0.3 is 10.4 Å². The second-order valence-corrected chi connectivity index (χ2v) is 6.92. The van der Waals surface area contributed by atoms with Crippen molar-refractivity contribution in [1.29, 1.82) is 0 Å². The van der Waals surface area contributed by atoms with E-state index in [1.807, 2.05) is 0 Å². The van der Waals surface area contributed by atoms with Gasteiger partial charge in [-0.05, 0) is 25.8 Å². The van der Waals surface area contributed by atoms with Crippen molar-refractivity contribution >= 4 is 40.3 Å². The van der Waals surface area contributed by atoms with Crippen LogP contribution in [0, 0.1) is 16.0 Å². The standard InChI is InChI=1S/C15H16N4O5S/c1-15(5-3-2-4-9(15)14(21)22)16-13(20)8-6-10-12(18-25-17-10)11(7-8)19(23)24/h6-7,9H,2-5H2,1H3,(H,16,20)(H,21,22). The largest absolute Gasteiger partial charge is 0.481 e. The lowest BCUT2D eigenvalue weighted by Crippen LogP contribution is -2.55. The van der Waals surface area contributed by atoms with Crippen LogP contribution in [0.4, 0.5) is 5.69 Å². The lowest BCUT2D eigenvalue weighted by molar-refractivity contribution is -0.383. The molecule has 10 heteroatoms. The summed E-state index contributed by atoms with van der Waals surface area (Å²) in [5.74, 6) is -2.19. The molecule has 0 spiro atoms. The predicted octanol–water partition coefficient (Wildman–Crippen LogP) is 2.36. The molecule has 1 aliphatic rings. The highest BCUT2D eigenvalue weighted by molar-refractivity contribution is 7.00. The molecule has 1 amide bonds. The van der Waals surface area contributed by atoms with E-state index in [1.165, 1.54) is 6.07 Å². The molecule has 1 aromatic carbocycles. The highest BCUT2D eigenvalue weighted by Gasteiger charge is 2.42. The normalized spacial score (nSPS) is 23.3. The third kappa shape index (κ3) is 3.16. The number of nitrogens with one attached hydrogen (secondary N) is 1. The Morgan fingerprint density at radius 2 is 2.16 bits per heavy atom. The number of aromatic nitrogens is 2. The minimum atomic E-state index is -0.951.